The van der Waals surface area contributed by atoms with Gasteiger partial charge in [-0.1, -0.05) is 54.2 Å². The van der Waals surface area contributed by atoms with Gasteiger partial charge in [-0.25, -0.2) is 4.39 Å². The minimum absolute atomic E-state index is 0.0448. The number of ether oxygens (including phenoxy) is 1. The summed E-state index contributed by atoms with van der Waals surface area (Å²) in [6.07, 6.45) is 1.89. The first-order chi connectivity index (χ1) is 17.2. The minimum atomic E-state index is -0.371. The van der Waals surface area contributed by atoms with Crippen LogP contribution < -0.4 is 4.74 Å². The van der Waals surface area contributed by atoms with E-state index in [0.29, 0.717) is 16.5 Å². The highest BCUT2D eigenvalue weighted by Gasteiger charge is 2.30. The predicted molar refractivity (Wildman–Crippen MR) is 134 cm³/mol. The lowest BCUT2D eigenvalue weighted by Gasteiger charge is -2.25. The lowest BCUT2D eigenvalue weighted by Crippen LogP contribution is -2.32. The molecular weight excluding hydrogens is 463 g/mol. The van der Waals surface area contributed by atoms with E-state index in [4.69, 9.17) is 4.74 Å². The Hall–Kier alpha value is -3.65. The largest absolute Gasteiger partial charge is 0.497 e. The number of methoxy groups -OCH3 is 1. The van der Waals surface area contributed by atoms with Gasteiger partial charge in [0.05, 0.1) is 24.5 Å². The molecule has 6 nitrogen and oxygen atoms in total. The number of thioether (sulfide) groups is 1. The number of carbonyl (C=O) groups is 1. The van der Waals surface area contributed by atoms with Gasteiger partial charge in [-0.15, -0.1) is 10.2 Å². The summed E-state index contributed by atoms with van der Waals surface area (Å²) < 4.78 is 21.7. The zero-order valence-corrected chi connectivity index (χ0v) is 20.1. The number of hydrogen-bond donors (Lipinski definition) is 0. The molecule has 0 aliphatic carbocycles. The number of halogens is 1. The minimum Gasteiger partial charge on any atom is -0.497 e. The second kappa shape index (κ2) is 10.3. The second-order valence-corrected chi connectivity index (χ2v) is 9.21. The molecule has 0 radical (unpaired) electrons. The van der Waals surface area contributed by atoms with Crippen LogP contribution in [0, 0.1) is 5.82 Å². The molecule has 5 rings (SSSR count). The van der Waals surface area contributed by atoms with E-state index in [1.807, 2.05) is 59.5 Å². The summed E-state index contributed by atoms with van der Waals surface area (Å²) in [6.45, 7) is 0.724. The third-order valence-electron chi connectivity index (χ3n) is 6.16. The van der Waals surface area contributed by atoms with Crippen molar-refractivity contribution in [2.24, 2.45) is 0 Å². The highest BCUT2D eigenvalue weighted by atomic mass is 32.2. The molecule has 0 saturated carbocycles. The fourth-order valence-electron chi connectivity index (χ4n) is 4.44. The number of likely N-dealkylation sites (tertiary alicyclic amines) is 1. The highest BCUT2D eigenvalue weighted by Crippen LogP contribution is 2.34. The molecule has 1 saturated heterocycles. The van der Waals surface area contributed by atoms with Crippen LogP contribution in [0.3, 0.4) is 0 Å². The zero-order chi connectivity index (χ0) is 24.2. The molecular formula is C27H25FN4O2S. The first-order valence-corrected chi connectivity index (χ1v) is 12.5. The topological polar surface area (TPSA) is 60.2 Å². The molecule has 178 valence electrons. The third kappa shape index (κ3) is 4.79. The van der Waals surface area contributed by atoms with Crippen molar-refractivity contribution >= 4 is 17.7 Å². The van der Waals surface area contributed by atoms with E-state index in [-0.39, 0.29) is 23.5 Å². The van der Waals surface area contributed by atoms with Crippen molar-refractivity contribution in [2.45, 2.75) is 24.0 Å². The van der Waals surface area contributed by atoms with Gasteiger partial charge in [0.15, 0.2) is 11.0 Å². The Labute approximate surface area is 207 Å². The summed E-state index contributed by atoms with van der Waals surface area (Å²) in [6, 6.07) is 24.0. The van der Waals surface area contributed by atoms with E-state index in [1.165, 1.54) is 17.8 Å². The molecule has 1 atom stereocenters. The van der Waals surface area contributed by atoms with Crippen molar-refractivity contribution in [1.29, 1.82) is 0 Å². The summed E-state index contributed by atoms with van der Waals surface area (Å²) in [5.41, 5.74) is 2.28. The van der Waals surface area contributed by atoms with Gasteiger partial charge in [-0.3, -0.25) is 9.36 Å². The Bertz CT molecular complexity index is 1310. The number of benzene rings is 3. The maximum Gasteiger partial charge on any atom is 0.233 e. The van der Waals surface area contributed by atoms with Crippen LogP contribution in [0.25, 0.3) is 17.1 Å². The average Bonchev–Trinajstić information content (AvgIpc) is 3.56. The van der Waals surface area contributed by atoms with E-state index in [2.05, 4.69) is 10.2 Å². The molecule has 1 aromatic heterocycles. The van der Waals surface area contributed by atoms with Gasteiger partial charge in [0, 0.05) is 12.2 Å². The number of rotatable bonds is 7. The van der Waals surface area contributed by atoms with Crippen molar-refractivity contribution in [3.05, 3.63) is 90.2 Å². The standard InChI is InChI=1S/C27H25FN4O2S/c1-34-21-15-13-19(14-16-21)24-12-7-17-31(24)25(33)18-35-27-30-29-26(22-10-5-6-11-23(22)28)32(27)20-8-3-2-4-9-20/h2-6,8-11,13-16,24H,7,12,17-18H2,1H3. The molecule has 8 heteroatoms. The maximum absolute atomic E-state index is 14.6. The molecule has 35 heavy (non-hydrogen) atoms. The van der Waals surface area contributed by atoms with E-state index < -0.39 is 0 Å². The lowest BCUT2D eigenvalue weighted by molar-refractivity contribution is -0.129. The van der Waals surface area contributed by atoms with Gasteiger partial charge < -0.3 is 9.64 Å². The first kappa shape index (κ1) is 23.1. The van der Waals surface area contributed by atoms with Gasteiger partial charge in [-0.2, -0.15) is 0 Å². The summed E-state index contributed by atoms with van der Waals surface area (Å²) in [5.74, 6) is 1.09. The van der Waals surface area contributed by atoms with Gasteiger partial charge >= 0.3 is 0 Å². The average molecular weight is 489 g/mol. The summed E-state index contributed by atoms with van der Waals surface area (Å²) in [5, 5.41) is 9.17. The summed E-state index contributed by atoms with van der Waals surface area (Å²) >= 11 is 1.32. The quantitative estimate of drug-likeness (QED) is 0.320. The Balaban J connectivity index is 1.38. The zero-order valence-electron chi connectivity index (χ0n) is 19.3. The van der Waals surface area contributed by atoms with Gasteiger partial charge in [0.2, 0.25) is 5.91 Å². The van der Waals surface area contributed by atoms with Crippen LogP contribution in [0.5, 0.6) is 5.75 Å². The molecule has 0 N–H and O–H groups in total. The van der Waals surface area contributed by atoms with E-state index in [1.54, 1.807) is 29.9 Å². The number of para-hydroxylation sites is 1. The van der Waals surface area contributed by atoms with Crippen LogP contribution in [0.1, 0.15) is 24.4 Å². The van der Waals surface area contributed by atoms with Gasteiger partial charge in [0.25, 0.3) is 0 Å². The first-order valence-electron chi connectivity index (χ1n) is 11.5. The molecule has 1 unspecified atom stereocenters. The maximum atomic E-state index is 14.6. The number of aromatic nitrogens is 3. The van der Waals surface area contributed by atoms with E-state index in [9.17, 15) is 9.18 Å². The van der Waals surface area contributed by atoms with Crippen molar-refractivity contribution < 1.29 is 13.9 Å². The van der Waals surface area contributed by atoms with Crippen LogP contribution >= 0.6 is 11.8 Å². The van der Waals surface area contributed by atoms with Crippen molar-refractivity contribution in [1.82, 2.24) is 19.7 Å². The normalized spacial score (nSPS) is 15.4. The molecule has 4 aromatic rings. The highest BCUT2D eigenvalue weighted by molar-refractivity contribution is 7.99. The molecule has 0 spiro atoms. The number of nitrogens with zero attached hydrogens (tertiary/aromatic N) is 4. The summed E-state index contributed by atoms with van der Waals surface area (Å²) in [4.78, 5) is 15.2. The second-order valence-electron chi connectivity index (χ2n) is 8.26. The van der Waals surface area contributed by atoms with E-state index >= 15 is 0 Å². The molecule has 2 heterocycles. The van der Waals surface area contributed by atoms with Crippen LogP contribution in [0.4, 0.5) is 4.39 Å². The third-order valence-corrected chi connectivity index (χ3v) is 7.07. The smallest absolute Gasteiger partial charge is 0.233 e. The molecule has 1 amide bonds. The fourth-order valence-corrected chi connectivity index (χ4v) is 5.28. The van der Waals surface area contributed by atoms with Crippen LogP contribution in [0.15, 0.2) is 84.0 Å². The number of hydrogen-bond acceptors (Lipinski definition) is 5. The fraction of sp³-hybridized carbons (Fsp3) is 0.222. The number of amides is 1. The monoisotopic (exact) mass is 488 g/mol. The van der Waals surface area contributed by atoms with Crippen LogP contribution in [0.2, 0.25) is 0 Å². The SMILES string of the molecule is COc1ccc(C2CCCN2C(=O)CSc2nnc(-c3ccccc3F)n2-c2ccccc2)cc1. The Morgan fingerprint density at radius 1 is 1.03 bits per heavy atom. The summed E-state index contributed by atoms with van der Waals surface area (Å²) in [7, 11) is 1.64. The van der Waals surface area contributed by atoms with Crippen LogP contribution in [-0.2, 0) is 4.79 Å². The van der Waals surface area contributed by atoms with Crippen molar-refractivity contribution in [3.8, 4) is 22.8 Å². The molecule has 1 fully saturated rings. The van der Waals surface area contributed by atoms with Crippen LogP contribution in [-0.4, -0.2) is 45.0 Å². The van der Waals surface area contributed by atoms with Crippen molar-refractivity contribution in [2.75, 3.05) is 19.4 Å². The Morgan fingerprint density at radius 2 is 1.77 bits per heavy atom. The number of carbonyl (C=O) groups excluding carboxylic acids is 1. The van der Waals surface area contributed by atoms with Gasteiger partial charge in [-0.05, 0) is 54.8 Å². The van der Waals surface area contributed by atoms with Crippen molar-refractivity contribution in [3.63, 3.8) is 0 Å². The van der Waals surface area contributed by atoms with E-state index in [0.717, 1.165) is 36.4 Å². The Morgan fingerprint density at radius 3 is 2.51 bits per heavy atom. The molecule has 1 aliphatic heterocycles. The molecule has 0 bridgehead atoms. The van der Waals surface area contributed by atoms with Gasteiger partial charge in [0.1, 0.15) is 11.6 Å². The Kier molecular flexibility index (Phi) is 6.81. The molecule has 3 aromatic carbocycles. The lowest BCUT2D eigenvalue weighted by atomic mass is 10.0. The predicted octanol–water partition coefficient (Wildman–Crippen LogP) is 5.54. The molecule has 1 aliphatic rings.